The number of amides is 1. The third-order valence-electron chi connectivity index (χ3n) is 2.76. The highest BCUT2D eigenvalue weighted by atomic mass is 19.1. The molecule has 0 aliphatic heterocycles. The van der Waals surface area contributed by atoms with Crippen LogP contribution in [0.5, 0.6) is 5.75 Å². The van der Waals surface area contributed by atoms with Gasteiger partial charge in [0.05, 0.1) is 0 Å². The Morgan fingerprint density at radius 1 is 1.40 bits per heavy atom. The summed E-state index contributed by atoms with van der Waals surface area (Å²) in [5, 5.41) is 5.75. The molecule has 2 N–H and O–H groups in total. The molecule has 5 heteroatoms. The van der Waals surface area contributed by atoms with Gasteiger partial charge in [0.15, 0.2) is 6.61 Å². The highest BCUT2D eigenvalue weighted by Gasteiger charge is 2.15. The SMILES string of the molecule is CNC(C)c1ccc(OCC(=O)NC(C)(C)C)cc1F. The molecule has 1 aromatic rings. The highest BCUT2D eigenvalue weighted by Crippen LogP contribution is 2.21. The summed E-state index contributed by atoms with van der Waals surface area (Å²) in [5.41, 5.74) is 0.261. The van der Waals surface area contributed by atoms with Gasteiger partial charge in [0.2, 0.25) is 0 Å². The van der Waals surface area contributed by atoms with Crippen molar-refractivity contribution in [2.24, 2.45) is 0 Å². The first kappa shape index (κ1) is 16.4. The average molecular weight is 282 g/mol. The molecule has 0 aromatic heterocycles. The van der Waals surface area contributed by atoms with Crippen LogP contribution in [-0.2, 0) is 4.79 Å². The molecule has 0 spiro atoms. The number of benzene rings is 1. The first-order valence-corrected chi connectivity index (χ1v) is 6.63. The van der Waals surface area contributed by atoms with Gasteiger partial charge in [0, 0.05) is 23.2 Å². The Morgan fingerprint density at radius 2 is 2.05 bits per heavy atom. The number of halogens is 1. The molecule has 0 bridgehead atoms. The molecule has 1 amide bonds. The summed E-state index contributed by atoms with van der Waals surface area (Å²) in [6, 6.07) is 4.55. The monoisotopic (exact) mass is 282 g/mol. The summed E-state index contributed by atoms with van der Waals surface area (Å²) < 4.78 is 19.2. The van der Waals surface area contributed by atoms with Crippen molar-refractivity contribution in [3.8, 4) is 5.75 Å². The molecule has 1 aromatic carbocycles. The number of carbonyl (C=O) groups excluding carboxylic acids is 1. The Kier molecular flexibility index (Phi) is 5.51. The van der Waals surface area contributed by atoms with E-state index in [1.54, 1.807) is 19.2 Å². The van der Waals surface area contributed by atoms with Gasteiger partial charge < -0.3 is 15.4 Å². The van der Waals surface area contributed by atoms with Crippen LogP contribution in [-0.4, -0.2) is 25.1 Å². The maximum Gasteiger partial charge on any atom is 0.258 e. The van der Waals surface area contributed by atoms with Crippen LogP contribution in [0.25, 0.3) is 0 Å². The minimum Gasteiger partial charge on any atom is -0.484 e. The van der Waals surface area contributed by atoms with Gasteiger partial charge in [-0.15, -0.1) is 0 Å². The molecule has 0 heterocycles. The van der Waals surface area contributed by atoms with Gasteiger partial charge in [-0.05, 0) is 40.8 Å². The van der Waals surface area contributed by atoms with Crippen LogP contribution in [0.4, 0.5) is 4.39 Å². The third-order valence-corrected chi connectivity index (χ3v) is 2.76. The van der Waals surface area contributed by atoms with Crippen molar-refractivity contribution in [3.05, 3.63) is 29.6 Å². The molecule has 20 heavy (non-hydrogen) atoms. The minimum absolute atomic E-state index is 0.0757. The van der Waals surface area contributed by atoms with Crippen molar-refractivity contribution in [2.45, 2.75) is 39.3 Å². The van der Waals surface area contributed by atoms with Gasteiger partial charge in [-0.1, -0.05) is 6.07 Å². The van der Waals surface area contributed by atoms with Crippen LogP contribution < -0.4 is 15.4 Å². The summed E-state index contributed by atoms with van der Waals surface area (Å²) in [5.74, 6) is -0.232. The van der Waals surface area contributed by atoms with Crippen molar-refractivity contribution < 1.29 is 13.9 Å². The van der Waals surface area contributed by atoms with Gasteiger partial charge in [0.25, 0.3) is 5.91 Å². The van der Waals surface area contributed by atoms with Gasteiger partial charge in [-0.3, -0.25) is 4.79 Å². The number of nitrogens with one attached hydrogen (secondary N) is 2. The van der Waals surface area contributed by atoms with Crippen molar-refractivity contribution in [1.82, 2.24) is 10.6 Å². The van der Waals surface area contributed by atoms with Crippen molar-refractivity contribution in [1.29, 1.82) is 0 Å². The Balaban J connectivity index is 2.62. The molecular weight excluding hydrogens is 259 g/mol. The van der Waals surface area contributed by atoms with Crippen LogP contribution in [0.3, 0.4) is 0 Å². The van der Waals surface area contributed by atoms with Gasteiger partial charge in [-0.2, -0.15) is 0 Å². The molecule has 1 rings (SSSR count). The van der Waals surface area contributed by atoms with Crippen molar-refractivity contribution in [2.75, 3.05) is 13.7 Å². The summed E-state index contributed by atoms with van der Waals surface area (Å²) in [4.78, 5) is 11.6. The van der Waals surface area contributed by atoms with E-state index in [0.29, 0.717) is 11.3 Å². The van der Waals surface area contributed by atoms with Crippen LogP contribution in [0.2, 0.25) is 0 Å². The molecule has 0 aliphatic carbocycles. The van der Waals surface area contributed by atoms with Gasteiger partial charge in [0.1, 0.15) is 11.6 Å². The fourth-order valence-corrected chi connectivity index (χ4v) is 1.71. The lowest BCUT2D eigenvalue weighted by atomic mass is 10.1. The molecule has 112 valence electrons. The van der Waals surface area contributed by atoms with Crippen molar-refractivity contribution in [3.63, 3.8) is 0 Å². The summed E-state index contributed by atoms with van der Waals surface area (Å²) in [6.07, 6.45) is 0. The van der Waals surface area contributed by atoms with E-state index in [-0.39, 0.29) is 29.9 Å². The smallest absolute Gasteiger partial charge is 0.258 e. The van der Waals surface area contributed by atoms with Gasteiger partial charge >= 0.3 is 0 Å². The van der Waals surface area contributed by atoms with Crippen LogP contribution in [0, 0.1) is 5.82 Å². The lowest BCUT2D eigenvalue weighted by Crippen LogP contribution is -2.43. The zero-order valence-electron chi connectivity index (χ0n) is 12.7. The molecule has 0 saturated heterocycles. The number of ether oxygens (including phenoxy) is 1. The lowest BCUT2D eigenvalue weighted by molar-refractivity contribution is -0.124. The van der Waals surface area contributed by atoms with E-state index in [1.807, 2.05) is 27.7 Å². The Labute approximate surface area is 119 Å². The zero-order chi connectivity index (χ0) is 15.3. The van der Waals surface area contributed by atoms with E-state index in [9.17, 15) is 9.18 Å². The van der Waals surface area contributed by atoms with Crippen LogP contribution >= 0.6 is 0 Å². The summed E-state index contributed by atoms with van der Waals surface area (Å²) in [7, 11) is 1.77. The van der Waals surface area contributed by atoms with Crippen LogP contribution in [0.15, 0.2) is 18.2 Å². The van der Waals surface area contributed by atoms with Crippen molar-refractivity contribution >= 4 is 5.91 Å². The molecule has 1 atom stereocenters. The quantitative estimate of drug-likeness (QED) is 0.872. The summed E-state index contributed by atoms with van der Waals surface area (Å²) >= 11 is 0. The predicted molar refractivity (Wildman–Crippen MR) is 77.3 cm³/mol. The standard InChI is InChI=1S/C15H23FN2O2/c1-10(17-5)12-7-6-11(8-13(12)16)20-9-14(19)18-15(2,3)4/h6-8,10,17H,9H2,1-5H3,(H,18,19). The molecule has 0 saturated carbocycles. The van der Waals surface area contributed by atoms with Crippen LogP contribution in [0.1, 0.15) is 39.3 Å². The largest absolute Gasteiger partial charge is 0.484 e. The van der Waals surface area contributed by atoms with E-state index in [4.69, 9.17) is 4.74 Å². The zero-order valence-corrected chi connectivity index (χ0v) is 12.7. The Bertz CT molecular complexity index is 469. The summed E-state index contributed by atoms with van der Waals surface area (Å²) in [6.45, 7) is 7.41. The maximum atomic E-state index is 13.9. The third kappa shape index (κ3) is 5.17. The molecule has 0 aliphatic rings. The number of hydrogen-bond acceptors (Lipinski definition) is 3. The second kappa shape index (κ2) is 6.70. The fourth-order valence-electron chi connectivity index (χ4n) is 1.71. The molecule has 0 fully saturated rings. The second-order valence-electron chi connectivity index (χ2n) is 5.78. The Morgan fingerprint density at radius 3 is 2.55 bits per heavy atom. The normalized spacial score (nSPS) is 12.9. The number of carbonyl (C=O) groups is 1. The van der Waals surface area contributed by atoms with E-state index < -0.39 is 0 Å². The number of rotatable bonds is 5. The highest BCUT2D eigenvalue weighted by molar-refractivity contribution is 5.78. The van der Waals surface area contributed by atoms with Gasteiger partial charge in [-0.25, -0.2) is 4.39 Å². The minimum atomic E-state index is -0.347. The lowest BCUT2D eigenvalue weighted by Gasteiger charge is -2.20. The van der Waals surface area contributed by atoms with E-state index in [1.165, 1.54) is 6.07 Å². The first-order valence-electron chi connectivity index (χ1n) is 6.63. The molecule has 4 nitrogen and oxygen atoms in total. The average Bonchev–Trinajstić information content (AvgIpc) is 2.33. The maximum absolute atomic E-state index is 13.9. The molecular formula is C15H23FN2O2. The van der Waals surface area contributed by atoms with E-state index in [2.05, 4.69) is 10.6 Å². The fraction of sp³-hybridized carbons (Fsp3) is 0.533. The predicted octanol–water partition coefficient (Wildman–Crippen LogP) is 2.40. The number of hydrogen-bond donors (Lipinski definition) is 2. The molecule has 1 unspecified atom stereocenters. The topological polar surface area (TPSA) is 50.4 Å². The van der Waals surface area contributed by atoms with E-state index in [0.717, 1.165) is 0 Å². The first-order chi connectivity index (χ1) is 9.23. The Hall–Kier alpha value is -1.62. The second-order valence-corrected chi connectivity index (χ2v) is 5.78. The molecule has 0 radical (unpaired) electrons. The van der Waals surface area contributed by atoms with E-state index >= 15 is 0 Å².